The lowest BCUT2D eigenvalue weighted by Crippen LogP contribution is -2.45. The smallest absolute Gasteiger partial charge is 0.326 e. The van der Waals surface area contributed by atoms with E-state index in [1.165, 1.54) is 0 Å². The first-order valence-corrected chi connectivity index (χ1v) is 8.30. The first kappa shape index (κ1) is 21.0. The van der Waals surface area contributed by atoms with E-state index in [-0.39, 0.29) is 25.5 Å². The van der Waals surface area contributed by atoms with Gasteiger partial charge in [-0.2, -0.15) is 0 Å². The summed E-state index contributed by atoms with van der Waals surface area (Å²) < 4.78 is 0. The third kappa shape index (κ3) is 8.06. The number of rotatable bonds is 10. The molecule has 1 rings (SSSR count). The minimum atomic E-state index is -1.12. The van der Waals surface area contributed by atoms with Crippen molar-refractivity contribution in [3.8, 4) is 0 Å². The van der Waals surface area contributed by atoms with Gasteiger partial charge in [-0.3, -0.25) is 10.2 Å². The summed E-state index contributed by atoms with van der Waals surface area (Å²) in [5, 5.41) is 25.0. The maximum Gasteiger partial charge on any atom is 0.326 e. The normalized spacial score (nSPS) is 11.6. The van der Waals surface area contributed by atoms with Crippen molar-refractivity contribution in [1.29, 1.82) is 5.41 Å². The molecule has 1 aromatic rings. The first-order chi connectivity index (χ1) is 11.8. The summed E-state index contributed by atoms with van der Waals surface area (Å²) in [5.74, 6) is -1.75. The van der Waals surface area contributed by atoms with Gasteiger partial charge >= 0.3 is 5.97 Å². The van der Waals surface area contributed by atoms with Crippen LogP contribution in [0.15, 0.2) is 18.2 Å². The Morgan fingerprint density at radius 3 is 2.48 bits per heavy atom. The number of nitrogens with two attached hydrogens (primary N) is 1. The van der Waals surface area contributed by atoms with E-state index in [4.69, 9.17) is 39.5 Å². The molecule has 7 N–H and O–H groups in total. The fourth-order valence-electron chi connectivity index (χ4n) is 2.03. The summed E-state index contributed by atoms with van der Waals surface area (Å²) in [6.07, 6.45) is 0.664. The van der Waals surface area contributed by atoms with Crippen molar-refractivity contribution in [1.82, 2.24) is 16.0 Å². The van der Waals surface area contributed by atoms with E-state index in [1.54, 1.807) is 18.2 Å². The molecule has 138 valence electrons. The van der Waals surface area contributed by atoms with Gasteiger partial charge in [0, 0.05) is 28.7 Å². The van der Waals surface area contributed by atoms with Crippen molar-refractivity contribution in [2.75, 3.05) is 13.1 Å². The van der Waals surface area contributed by atoms with Crippen LogP contribution in [0.5, 0.6) is 0 Å². The molecule has 0 bridgehead atoms. The summed E-state index contributed by atoms with van der Waals surface area (Å²) in [4.78, 5) is 23.1. The van der Waals surface area contributed by atoms with Crippen LogP contribution in [0, 0.1) is 5.41 Å². The number of carboxylic acid groups (broad SMARTS) is 1. The Morgan fingerprint density at radius 2 is 1.92 bits per heavy atom. The van der Waals surface area contributed by atoms with Crippen LogP contribution in [0.2, 0.25) is 10.0 Å². The Labute approximate surface area is 155 Å². The molecule has 0 saturated heterocycles. The monoisotopic (exact) mass is 389 g/mol. The molecule has 0 radical (unpaired) electrons. The molecule has 0 heterocycles. The Hall–Kier alpha value is -2.03. The second-order valence-electron chi connectivity index (χ2n) is 5.24. The van der Waals surface area contributed by atoms with Crippen LogP contribution in [0.1, 0.15) is 18.4 Å². The molecule has 1 aromatic carbocycles. The minimum absolute atomic E-state index is 0.0724. The summed E-state index contributed by atoms with van der Waals surface area (Å²) in [6, 6.07) is 4.10. The highest BCUT2D eigenvalue weighted by Gasteiger charge is 2.19. The largest absolute Gasteiger partial charge is 0.480 e. The van der Waals surface area contributed by atoms with E-state index in [0.717, 1.165) is 0 Å². The second-order valence-corrected chi connectivity index (χ2v) is 6.06. The SMILES string of the molecule is N=C(N)NCCC[C@H](NC(=O)CNCc1c(Cl)cccc1Cl)C(=O)O. The average Bonchev–Trinajstić information content (AvgIpc) is 2.52. The van der Waals surface area contributed by atoms with Crippen LogP contribution in [0.4, 0.5) is 0 Å². The number of nitrogens with one attached hydrogen (secondary N) is 4. The summed E-state index contributed by atoms with van der Waals surface area (Å²) >= 11 is 12.1. The Balaban J connectivity index is 2.39. The molecule has 8 nitrogen and oxygen atoms in total. The first-order valence-electron chi connectivity index (χ1n) is 7.55. The molecule has 1 atom stereocenters. The molecule has 0 saturated carbocycles. The van der Waals surface area contributed by atoms with Crippen LogP contribution in [-0.4, -0.2) is 42.1 Å². The number of benzene rings is 1. The van der Waals surface area contributed by atoms with E-state index in [9.17, 15) is 9.59 Å². The highest BCUT2D eigenvalue weighted by atomic mass is 35.5. The lowest BCUT2D eigenvalue weighted by molar-refractivity contribution is -0.141. The maximum atomic E-state index is 11.9. The topological polar surface area (TPSA) is 140 Å². The summed E-state index contributed by atoms with van der Waals surface area (Å²) in [7, 11) is 0. The zero-order valence-corrected chi connectivity index (χ0v) is 15.0. The third-order valence-electron chi connectivity index (χ3n) is 3.27. The third-order valence-corrected chi connectivity index (χ3v) is 3.98. The molecule has 0 unspecified atom stereocenters. The van der Waals surface area contributed by atoms with Crippen molar-refractivity contribution in [2.45, 2.75) is 25.4 Å². The van der Waals surface area contributed by atoms with Gasteiger partial charge in [-0.15, -0.1) is 0 Å². The fourth-order valence-corrected chi connectivity index (χ4v) is 2.57. The zero-order chi connectivity index (χ0) is 18.8. The molecule has 0 aromatic heterocycles. The summed E-state index contributed by atoms with van der Waals surface area (Å²) in [6.45, 7) is 0.571. The molecule has 1 amide bonds. The fraction of sp³-hybridized carbons (Fsp3) is 0.400. The van der Waals surface area contributed by atoms with Gasteiger partial charge in [-0.05, 0) is 25.0 Å². The van der Waals surface area contributed by atoms with Gasteiger partial charge in [0.05, 0.1) is 6.54 Å². The van der Waals surface area contributed by atoms with Gasteiger partial charge in [-0.25, -0.2) is 4.79 Å². The van der Waals surface area contributed by atoms with Crippen LogP contribution in [-0.2, 0) is 16.1 Å². The van der Waals surface area contributed by atoms with Crippen LogP contribution < -0.4 is 21.7 Å². The number of carbonyl (C=O) groups is 2. The standard InChI is InChI=1S/C15H21Cl2N5O3/c16-10-3-1-4-11(17)9(10)7-20-8-13(23)22-12(14(24)25)5-2-6-21-15(18)19/h1,3-4,12,20H,2,5-8H2,(H,22,23)(H,24,25)(H4,18,19,21)/t12-/m0/s1. The molecule has 0 spiro atoms. The molecular weight excluding hydrogens is 369 g/mol. The number of carboxylic acids is 1. The number of aliphatic carboxylic acids is 1. The number of guanidine groups is 1. The molecule has 25 heavy (non-hydrogen) atoms. The van der Waals surface area contributed by atoms with Crippen molar-refractivity contribution >= 4 is 41.0 Å². The molecule has 0 aliphatic carbocycles. The average molecular weight is 390 g/mol. The van der Waals surface area contributed by atoms with E-state index >= 15 is 0 Å². The van der Waals surface area contributed by atoms with Gasteiger partial charge in [0.25, 0.3) is 0 Å². The van der Waals surface area contributed by atoms with E-state index in [0.29, 0.717) is 28.6 Å². The number of hydrogen-bond acceptors (Lipinski definition) is 4. The van der Waals surface area contributed by atoms with Crippen molar-refractivity contribution in [3.63, 3.8) is 0 Å². The van der Waals surface area contributed by atoms with Gasteiger partial charge < -0.3 is 26.8 Å². The number of hydrogen-bond donors (Lipinski definition) is 6. The van der Waals surface area contributed by atoms with Crippen molar-refractivity contribution in [3.05, 3.63) is 33.8 Å². The second kappa shape index (κ2) is 10.8. The summed E-state index contributed by atoms with van der Waals surface area (Å²) in [5.41, 5.74) is 5.80. The molecule has 0 fully saturated rings. The highest BCUT2D eigenvalue weighted by molar-refractivity contribution is 6.35. The lowest BCUT2D eigenvalue weighted by Gasteiger charge is -2.15. The predicted molar refractivity (Wildman–Crippen MR) is 96.9 cm³/mol. The van der Waals surface area contributed by atoms with Crippen LogP contribution in [0.25, 0.3) is 0 Å². The van der Waals surface area contributed by atoms with Crippen molar-refractivity contribution in [2.24, 2.45) is 5.73 Å². The van der Waals surface area contributed by atoms with Gasteiger partial charge in [0.2, 0.25) is 5.91 Å². The predicted octanol–water partition coefficient (Wildman–Crippen LogP) is 0.916. The Kier molecular flexibility index (Phi) is 9.04. The van der Waals surface area contributed by atoms with Crippen LogP contribution in [0.3, 0.4) is 0 Å². The van der Waals surface area contributed by atoms with Crippen molar-refractivity contribution < 1.29 is 14.7 Å². The molecule has 0 aliphatic rings. The minimum Gasteiger partial charge on any atom is -0.480 e. The van der Waals surface area contributed by atoms with Gasteiger partial charge in [0.1, 0.15) is 6.04 Å². The lowest BCUT2D eigenvalue weighted by atomic mass is 10.1. The molecular formula is C15H21Cl2N5O3. The Morgan fingerprint density at radius 1 is 1.28 bits per heavy atom. The molecule has 0 aliphatic heterocycles. The number of amides is 1. The Bertz CT molecular complexity index is 607. The van der Waals surface area contributed by atoms with E-state index in [2.05, 4.69) is 16.0 Å². The number of carbonyl (C=O) groups excluding carboxylic acids is 1. The number of halogens is 2. The molecule has 10 heteroatoms. The maximum absolute atomic E-state index is 11.9. The van der Waals surface area contributed by atoms with Gasteiger partial charge in [-0.1, -0.05) is 29.3 Å². The van der Waals surface area contributed by atoms with E-state index in [1.807, 2.05) is 0 Å². The highest BCUT2D eigenvalue weighted by Crippen LogP contribution is 2.23. The van der Waals surface area contributed by atoms with E-state index < -0.39 is 17.9 Å². The zero-order valence-electron chi connectivity index (χ0n) is 13.4. The quantitative estimate of drug-likeness (QED) is 0.199. The van der Waals surface area contributed by atoms with Gasteiger partial charge in [0.15, 0.2) is 5.96 Å². The van der Waals surface area contributed by atoms with Crippen LogP contribution >= 0.6 is 23.2 Å².